The molecule has 3 saturated carbocycles. The normalized spacial score (nSPS) is 37.4. The minimum atomic E-state index is -0.635. The Morgan fingerprint density at radius 2 is 1.94 bits per heavy atom. The van der Waals surface area contributed by atoms with Crippen LogP contribution in [0.1, 0.15) is 98.8 Å². The van der Waals surface area contributed by atoms with Gasteiger partial charge in [0.2, 0.25) is 0 Å². The first-order chi connectivity index (χ1) is 15.1. The predicted octanol–water partition coefficient (Wildman–Crippen LogP) is 7.54. The molecule has 2 N–H and O–H groups in total. The van der Waals surface area contributed by atoms with Gasteiger partial charge < -0.3 is 10.2 Å². The first kappa shape index (κ1) is 25.5. The topological polar surface area (TPSA) is 40.5 Å². The van der Waals surface area contributed by atoms with Crippen LogP contribution in [-0.4, -0.2) is 21.9 Å². The van der Waals surface area contributed by atoms with Crippen LogP contribution in [0.15, 0.2) is 47.6 Å². The van der Waals surface area contributed by atoms with E-state index in [4.69, 9.17) is 0 Å². The molecule has 0 amide bonds. The smallest absolute Gasteiger partial charge is 0.0822 e. The van der Waals surface area contributed by atoms with Crippen molar-refractivity contribution in [3.63, 3.8) is 0 Å². The van der Waals surface area contributed by atoms with Crippen LogP contribution < -0.4 is 0 Å². The molecule has 0 aromatic rings. The van der Waals surface area contributed by atoms with E-state index in [9.17, 15) is 10.2 Å². The van der Waals surface area contributed by atoms with Crippen molar-refractivity contribution >= 4 is 0 Å². The number of hydrogen-bond acceptors (Lipinski definition) is 2. The molecule has 6 atom stereocenters. The maximum atomic E-state index is 10.6. The number of aliphatic hydroxyl groups excluding tert-OH is 1. The van der Waals surface area contributed by atoms with Crippen molar-refractivity contribution in [1.29, 1.82) is 0 Å². The molecule has 1 unspecified atom stereocenters. The molecule has 0 aromatic heterocycles. The summed E-state index contributed by atoms with van der Waals surface area (Å²) in [5.74, 6) is 2.46. The molecule has 0 aliphatic heterocycles. The summed E-state index contributed by atoms with van der Waals surface area (Å²) in [6.07, 6.45) is 19.5. The Morgan fingerprint density at radius 3 is 2.62 bits per heavy atom. The molecule has 32 heavy (non-hydrogen) atoms. The van der Waals surface area contributed by atoms with Crippen LogP contribution in [0.25, 0.3) is 0 Å². The highest BCUT2D eigenvalue weighted by molar-refractivity contribution is 5.37. The quantitative estimate of drug-likeness (QED) is 0.401. The number of rotatable bonds is 7. The summed E-state index contributed by atoms with van der Waals surface area (Å²) < 4.78 is 0. The minimum Gasteiger partial charge on any atom is -0.393 e. The van der Waals surface area contributed by atoms with E-state index in [-0.39, 0.29) is 6.10 Å². The van der Waals surface area contributed by atoms with Gasteiger partial charge in [-0.2, -0.15) is 0 Å². The van der Waals surface area contributed by atoms with Crippen molar-refractivity contribution in [2.45, 2.75) is 111 Å². The maximum Gasteiger partial charge on any atom is 0.0822 e. The Morgan fingerprint density at radius 1 is 1.22 bits per heavy atom. The molecule has 0 saturated heterocycles. The van der Waals surface area contributed by atoms with Gasteiger partial charge in [0.25, 0.3) is 0 Å². The van der Waals surface area contributed by atoms with E-state index in [1.165, 1.54) is 43.3 Å². The van der Waals surface area contributed by atoms with Crippen molar-refractivity contribution in [1.82, 2.24) is 0 Å². The van der Waals surface area contributed by atoms with E-state index in [0.29, 0.717) is 23.2 Å². The lowest BCUT2D eigenvalue weighted by molar-refractivity contribution is 0.0813. The van der Waals surface area contributed by atoms with Gasteiger partial charge in [-0.15, -0.1) is 0 Å². The van der Waals surface area contributed by atoms with Crippen molar-refractivity contribution < 1.29 is 10.2 Å². The van der Waals surface area contributed by atoms with E-state index < -0.39 is 5.60 Å². The van der Waals surface area contributed by atoms with Crippen LogP contribution in [0, 0.1) is 29.1 Å². The summed E-state index contributed by atoms with van der Waals surface area (Å²) in [6.45, 7) is 15.6. The lowest BCUT2D eigenvalue weighted by atomic mass is 9.61. The summed E-state index contributed by atoms with van der Waals surface area (Å²) in [6, 6.07) is 0. The molecule has 0 heterocycles. The van der Waals surface area contributed by atoms with Crippen molar-refractivity contribution in [3.8, 4) is 0 Å². The summed E-state index contributed by atoms with van der Waals surface area (Å²) in [7, 11) is 0. The molecule has 2 nitrogen and oxygen atoms in total. The van der Waals surface area contributed by atoms with Crippen molar-refractivity contribution in [2.75, 3.05) is 0 Å². The van der Waals surface area contributed by atoms with Crippen LogP contribution in [0.4, 0.5) is 0 Å². The molecule has 0 spiro atoms. The highest BCUT2D eigenvalue weighted by atomic mass is 16.3. The Hall–Kier alpha value is -1.12. The van der Waals surface area contributed by atoms with Crippen LogP contribution in [0.5, 0.6) is 0 Å². The second-order valence-corrected chi connectivity index (χ2v) is 11.5. The molecule has 3 fully saturated rings. The molecule has 3 aliphatic carbocycles. The predicted molar refractivity (Wildman–Crippen MR) is 136 cm³/mol. The fourth-order valence-electron chi connectivity index (χ4n) is 7.08. The van der Waals surface area contributed by atoms with Crippen LogP contribution in [0.3, 0.4) is 0 Å². The number of fused-ring (bicyclic) bond motifs is 1. The largest absolute Gasteiger partial charge is 0.393 e. The van der Waals surface area contributed by atoms with Crippen LogP contribution >= 0.6 is 0 Å². The summed E-state index contributed by atoms with van der Waals surface area (Å²) in [4.78, 5) is 0. The van der Waals surface area contributed by atoms with Gasteiger partial charge in [0.1, 0.15) is 0 Å². The second kappa shape index (κ2) is 10.4. The number of hydrogen-bond donors (Lipinski definition) is 2. The van der Waals surface area contributed by atoms with Crippen LogP contribution in [-0.2, 0) is 0 Å². The minimum absolute atomic E-state index is 0.223. The fraction of sp³-hybridized carbons (Fsp3) is 0.733. The SMILES string of the molecule is C=C1/C(=C\C=C2/CCC[C@]3(C)C([C@@H](C)C/C=C/C(O)(CC)CC)CC[C@@H]23)C[C@@H](O)C[C@@H]1C. The van der Waals surface area contributed by atoms with E-state index in [2.05, 4.69) is 65.5 Å². The second-order valence-electron chi connectivity index (χ2n) is 11.5. The Labute approximate surface area is 197 Å². The monoisotopic (exact) mass is 440 g/mol. The van der Waals surface area contributed by atoms with E-state index in [1.807, 2.05) is 0 Å². The average Bonchev–Trinajstić information content (AvgIpc) is 3.12. The highest BCUT2D eigenvalue weighted by Crippen LogP contribution is 2.59. The maximum absolute atomic E-state index is 10.6. The first-order valence-corrected chi connectivity index (χ1v) is 13.3. The van der Waals surface area contributed by atoms with E-state index in [0.717, 1.165) is 38.0 Å². The van der Waals surface area contributed by atoms with Gasteiger partial charge >= 0.3 is 0 Å². The third kappa shape index (κ3) is 5.33. The van der Waals surface area contributed by atoms with Crippen LogP contribution in [0.2, 0.25) is 0 Å². The number of aliphatic hydroxyl groups is 2. The zero-order chi connectivity index (χ0) is 23.5. The third-order valence-corrected chi connectivity index (χ3v) is 9.47. The molecule has 3 rings (SSSR count). The van der Waals surface area contributed by atoms with Gasteiger partial charge in [-0.05, 0) is 104 Å². The average molecular weight is 441 g/mol. The molecule has 3 aliphatic rings. The van der Waals surface area contributed by atoms with Gasteiger partial charge in [-0.3, -0.25) is 0 Å². The fourth-order valence-corrected chi connectivity index (χ4v) is 7.08. The van der Waals surface area contributed by atoms with Gasteiger partial charge in [0, 0.05) is 0 Å². The van der Waals surface area contributed by atoms with Crippen molar-refractivity contribution in [2.24, 2.45) is 29.1 Å². The van der Waals surface area contributed by atoms with Gasteiger partial charge in [-0.25, -0.2) is 0 Å². The lowest BCUT2D eigenvalue weighted by Crippen LogP contribution is -2.36. The Bertz CT molecular complexity index is 753. The zero-order valence-corrected chi connectivity index (χ0v) is 21.4. The molecule has 2 heteroatoms. The first-order valence-electron chi connectivity index (χ1n) is 13.3. The molecule has 0 radical (unpaired) electrons. The van der Waals surface area contributed by atoms with Crippen molar-refractivity contribution in [3.05, 3.63) is 47.6 Å². The van der Waals surface area contributed by atoms with E-state index in [1.54, 1.807) is 5.57 Å². The van der Waals surface area contributed by atoms with Gasteiger partial charge in [-0.1, -0.05) is 71.1 Å². The molecular weight excluding hydrogens is 392 g/mol. The van der Waals surface area contributed by atoms with Gasteiger partial charge in [0.15, 0.2) is 0 Å². The zero-order valence-electron chi connectivity index (χ0n) is 21.4. The van der Waals surface area contributed by atoms with E-state index >= 15 is 0 Å². The molecular formula is C30H48O2. The summed E-state index contributed by atoms with van der Waals surface area (Å²) in [5, 5.41) is 20.8. The highest BCUT2D eigenvalue weighted by Gasteiger charge is 2.50. The Balaban J connectivity index is 1.72. The molecule has 0 bridgehead atoms. The summed E-state index contributed by atoms with van der Waals surface area (Å²) in [5.41, 5.74) is 3.85. The number of allylic oxidation sites excluding steroid dienone is 5. The Kier molecular flexibility index (Phi) is 8.31. The lowest BCUT2D eigenvalue weighted by Gasteiger charge is -2.44. The molecule has 180 valence electrons. The standard InChI is InChI=1S/C30H48O2/c1-7-30(32,8-2)18-9-11-21(3)27-15-16-28-24(12-10-17-29(27,28)6)13-14-25-20-26(31)19-22(4)23(25)5/h9,13-14,18,21-22,26-28,31-32H,5,7-8,10-12,15-17,19-20H2,1-4,6H3/b18-9+,24-13+,25-14-/t21-,22-,26-,27?,28-,29+/m0/s1. The third-order valence-electron chi connectivity index (χ3n) is 9.47. The summed E-state index contributed by atoms with van der Waals surface area (Å²) >= 11 is 0. The molecule has 0 aromatic carbocycles. The van der Waals surface area contributed by atoms with Gasteiger partial charge in [0.05, 0.1) is 11.7 Å².